The third kappa shape index (κ3) is 4.18. The number of hydrogen-bond acceptors (Lipinski definition) is 2. The van der Waals surface area contributed by atoms with E-state index in [1.54, 1.807) is 18.7 Å². The Morgan fingerprint density at radius 1 is 0.829 bits per heavy atom. The van der Waals surface area contributed by atoms with Gasteiger partial charge in [-0.2, -0.15) is 0 Å². The summed E-state index contributed by atoms with van der Waals surface area (Å²) in [5.41, 5.74) is 5.43. The molecule has 0 aliphatic heterocycles. The highest BCUT2D eigenvalue weighted by molar-refractivity contribution is 6.01. The lowest BCUT2D eigenvalue weighted by Crippen LogP contribution is -2.55. The molecule has 7 rings (SSSR count). The Morgan fingerprint density at radius 3 is 2.03 bits per heavy atom. The Hall–Kier alpha value is -3.33. The van der Waals surface area contributed by atoms with Gasteiger partial charge < -0.3 is 10.1 Å². The number of benzene rings is 3. The van der Waals surface area contributed by atoms with Gasteiger partial charge in [0.25, 0.3) is 0 Å². The van der Waals surface area contributed by atoms with Crippen LogP contribution in [0.25, 0.3) is 6.08 Å². The highest BCUT2D eigenvalue weighted by atomic mass is 16.5. The van der Waals surface area contributed by atoms with Crippen LogP contribution in [0.4, 0.5) is 5.69 Å². The predicted molar refractivity (Wildman–Crippen MR) is 142 cm³/mol. The molecule has 3 nitrogen and oxygen atoms in total. The molecule has 1 N–H and O–H groups in total. The Kier molecular flexibility index (Phi) is 5.51. The highest BCUT2D eigenvalue weighted by Crippen LogP contribution is 2.66. The molecule has 4 saturated carbocycles. The molecule has 0 unspecified atom stereocenters. The van der Waals surface area contributed by atoms with Gasteiger partial charge in [0, 0.05) is 11.8 Å². The number of ether oxygens (including phenoxy) is 1. The standard InChI is InChI=1S/C32H33NO2/c1-35-29-14-7-23(8-15-29)9-16-30(34)33-28-12-10-27(11-13-28)32-20-24-17-25(21-32)19-31(18-24,22-32)26-5-3-2-4-6-26/h2-16,24-25H,17-22H2,1H3,(H,33,34)/b16-9+/t24-,25-,31?,32?/m0/s1. The first-order chi connectivity index (χ1) is 17.1. The molecule has 3 heteroatoms. The van der Waals surface area contributed by atoms with Crippen LogP contribution in [0.5, 0.6) is 5.75 Å². The average Bonchev–Trinajstić information content (AvgIpc) is 2.88. The fourth-order valence-corrected chi connectivity index (χ4v) is 7.71. The Morgan fingerprint density at radius 2 is 1.43 bits per heavy atom. The first kappa shape index (κ1) is 22.2. The smallest absolute Gasteiger partial charge is 0.248 e. The largest absolute Gasteiger partial charge is 0.497 e. The van der Waals surface area contributed by atoms with Gasteiger partial charge in [-0.05, 0) is 108 Å². The van der Waals surface area contributed by atoms with E-state index in [1.165, 1.54) is 44.1 Å². The zero-order valence-electron chi connectivity index (χ0n) is 20.4. The summed E-state index contributed by atoms with van der Waals surface area (Å²) in [4.78, 5) is 12.5. The number of anilines is 1. The van der Waals surface area contributed by atoms with Crippen LogP contribution in [-0.4, -0.2) is 13.0 Å². The van der Waals surface area contributed by atoms with Gasteiger partial charge in [0.2, 0.25) is 5.91 Å². The molecule has 0 saturated heterocycles. The van der Waals surface area contributed by atoms with Crippen LogP contribution < -0.4 is 10.1 Å². The van der Waals surface area contributed by atoms with Crippen molar-refractivity contribution in [1.29, 1.82) is 0 Å². The summed E-state index contributed by atoms with van der Waals surface area (Å²) in [7, 11) is 1.65. The van der Waals surface area contributed by atoms with E-state index in [9.17, 15) is 4.79 Å². The molecule has 4 bridgehead atoms. The summed E-state index contributed by atoms with van der Waals surface area (Å²) in [6.45, 7) is 0. The Labute approximate surface area is 208 Å². The molecule has 0 radical (unpaired) electrons. The van der Waals surface area contributed by atoms with Crippen molar-refractivity contribution < 1.29 is 9.53 Å². The molecule has 3 aromatic carbocycles. The van der Waals surface area contributed by atoms with Crippen molar-refractivity contribution in [3.8, 4) is 5.75 Å². The lowest BCUT2D eigenvalue weighted by molar-refractivity contribution is -0.111. The van der Waals surface area contributed by atoms with Crippen molar-refractivity contribution >= 4 is 17.7 Å². The molecule has 4 fully saturated rings. The first-order valence-corrected chi connectivity index (χ1v) is 12.9. The van der Waals surface area contributed by atoms with E-state index in [0.29, 0.717) is 5.41 Å². The maximum atomic E-state index is 12.5. The van der Waals surface area contributed by atoms with Crippen LogP contribution in [0, 0.1) is 11.8 Å². The zero-order chi connectivity index (χ0) is 23.9. The van der Waals surface area contributed by atoms with Crippen molar-refractivity contribution in [2.24, 2.45) is 11.8 Å². The molecule has 35 heavy (non-hydrogen) atoms. The van der Waals surface area contributed by atoms with E-state index in [1.807, 2.05) is 30.3 Å². The molecule has 1 amide bonds. The Bertz CT molecular complexity index is 1210. The van der Waals surface area contributed by atoms with Gasteiger partial charge in [0.15, 0.2) is 0 Å². The summed E-state index contributed by atoms with van der Waals surface area (Å²) >= 11 is 0. The van der Waals surface area contributed by atoms with Crippen molar-refractivity contribution in [3.05, 3.63) is 102 Å². The second-order valence-electron chi connectivity index (χ2n) is 11.1. The van der Waals surface area contributed by atoms with Crippen LogP contribution in [0.3, 0.4) is 0 Å². The maximum absolute atomic E-state index is 12.5. The van der Waals surface area contributed by atoms with Gasteiger partial charge >= 0.3 is 0 Å². The number of carbonyl (C=O) groups is 1. The predicted octanol–water partition coefficient (Wildman–Crippen LogP) is 7.14. The molecule has 4 aliphatic carbocycles. The second-order valence-corrected chi connectivity index (χ2v) is 11.1. The van der Waals surface area contributed by atoms with Crippen molar-refractivity contribution in [1.82, 2.24) is 0 Å². The number of amides is 1. The zero-order valence-corrected chi connectivity index (χ0v) is 20.4. The number of carbonyl (C=O) groups excluding carboxylic acids is 1. The minimum Gasteiger partial charge on any atom is -0.497 e. The van der Waals surface area contributed by atoms with Crippen LogP contribution >= 0.6 is 0 Å². The monoisotopic (exact) mass is 463 g/mol. The van der Waals surface area contributed by atoms with E-state index >= 15 is 0 Å². The van der Waals surface area contributed by atoms with Crippen LogP contribution in [0.2, 0.25) is 0 Å². The van der Waals surface area contributed by atoms with E-state index in [0.717, 1.165) is 28.8 Å². The molecular weight excluding hydrogens is 430 g/mol. The first-order valence-electron chi connectivity index (χ1n) is 12.9. The minimum atomic E-state index is -0.119. The molecular formula is C32H33NO2. The Balaban J connectivity index is 1.17. The van der Waals surface area contributed by atoms with Crippen LogP contribution in [-0.2, 0) is 15.6 Å². The minimum absolute atomic E-state index is 0.119. The average molecular weight is 464 g/mol. The van der Waals surface area contributed by atoms with E-state index in [-0.39, 0.29) is 11.3 Å². The SMILES string of the molecule is COc1ccc(/C=C/C(=O)Nc2ccc(C34C[C@H]5C[C@@H](CC(c6ccccc6)(C5)C3)C4)cc2)cc1. The molecule has 2 atom stereocenters. The lowest BCUT2D eigenvalue weighted by atomic mass is 9.42. The summed E-state index contributed by atoms with van der Waals surface area (Å²) < 4.78 is 5.18. The fourth-order valence-electron chi connectivity index (χ4n) is 7.71. The molecule has 0 spiro atoms. The molecule has 3 aromatic rings. The highest BCUT2D eigenvalue weighted by Gasteiger charge is 2.58. The third-order valence-electron chi connectivity index (χ3n) is 8.76. The summed E-state index contributed by atoms with van der Waals surface area (Å²) in [5.74, 6) is 2.35. The third-order valence-corrected chi connectivity index (χ3v) is 8.76. The summed E-state index contributed by atoms with van der Waals surface area (Å²) in [6.07, 6.45) is 11.4. The van der Waals surface area contributed by atoms with Gasteiger partial charge in [-0.3, -0.25) is 4.79 Å². The van der Waals surface area contributed by atoms with Crippen LogP contribution in [0.1, 0.15) is 55.2 Å². The number of methoxy groups -OCH3 is 1. The number of nitrogens with one attached hydrogen (secondary N) is 1. The van der Waals surface area contributed by atoms with Gasteiger partial charge in [0.05, 0.1) is 7.11 Å². The van der Waals surface area contributed by atoms with Crippen molar-refractivity contribution in [2.45, 2.75) is 49.4 Å². The van der Waals surface area contributed by atoms with Gasteiger partial charge in [-0.15, -0.1) is 0 Å². The lowest BCUT2D eigenvalue weighted by Gasteiger charge is -2.62. The van der Waals surface area contributed by atoms with Gasteiger partial charge in [0.1, 0.15) is 5.75 Å². The van der Waals surface area contributed by atoms with Crippen LogP contribution in [0.15, 0.2) is 84.9 Å². The maximum Gasteiger partial charge on any atom is 0.248 e. The molecule has 0 heterocycles. The van der Waals surface area contributed by atoms with Crippen molar-refractivity contribution in [3.63, 3.8) is 0 Å². The van der Waals surface area contributed by atoms with Crippen molar-refractivity contribution in [2.75, 3.05) is 12.4 Å². The molecule has 178 valence electrons. The molecule has 0 aromatic heterocycles. The van der Waals surface area contributed by atoms with Gasteiger partial charge in [-0.1, -0.05) is 54.6 Å². The van der Waals surface area contributed by atoms with Gasteiger partial charge in [-0.25, -0.2) is 0 Å². The number of rotatable bonds is 6. The second kappa shape index (κ2) is 8.71. The van der Waals surface area contributed by atoms with E-state index in [4.69, 9.17) is 4.74 Å². The summed E-state index contributed by atoms with van der Waals surface area (Å²) in [6, 6.07) is 27.6. The number of hydrogen-bond donors (Lipinski definition) is 1. The topological polar surface area (TPSA) is 38.3 Å². The normalized spacial score (nSPS) is 28.8. The molecule has 4 aliphatic rings. The van der Waals surface area contributed by atoms with E-state index in [2.05, 4.69) is 59.9 Å². The fraction of sp³-hybridized carbons (Fsp3) is 0.344. The summed E-state index contributed by atoms with van der Waals surface area (Å²) in [5, 5.41) is 3.02. The quantitative estimate of drug-likeness (QED) is 0.395. The van der Waals surface area contributed by atoms with E-state index < -0.39 is 0 Å².